The highest BCUT2D eigenvalue weighted by Crippen LogP contribution is 2.29. The number of aromatic hydroxyl groups is 1. The summed E-state index contributed by atoms with van der Waals surface area (Å²) < 4.78 is 1.87. The molecule has 0 aliphatic heterocycles. The number of aromatic nitrogens is 2. The molecule has 0 bridgehead atoms. The summed E-state index contributed by atoms with van der Waals surface area (Å²) in [4.78, 5) is 4.02. The van der Waals surface area contributed by atoms with Gasteiger partial charge in [0.1, 0.15) is 11.8 Å². The van der Waals surface area contributed by atoms with E-state index in [0.29, 0.717) is 11.1 Å². The van der Waals surface area contributed by atoms with E-state index in [9.17, 15) is 5.11 Å². The highest BCUT2D eigenvalue weighted by Gasteiger charge is 2.10. The van der Waals surface area contributed by atoms with E-state index >= 15 is 0 Å². The topological polar surface area (TPSA) is 61.3 Å². The standard InChI is InChI=1S/C14H9N3O/c15-8-10-3-4-13(17-7-1-2-12(10)17)11-9-16-6-5-14(11)18/h1-7,9H,(H,16,18). The minimum absolute atomic E-state index is 0.171. The third-order valence-corrected chi connectivity index (χ3v) is 2.89. The van der Waals surface area contributed by atoms with Crippen molar-refractivity contribution in [2.75, 3.05) is 0 Å². The van der Waals surface area contributed by atoms with Gasteiger partial charge >= 0.3 is 0 Å². The van der Waals surface area contributed by atoms with Crippen molar-refractivity contribution >= 4 is 5.52 Å². The van der Waals surface area contributed by atoms with E-state index < -0.39 is 0 Å². The van der Waals surface area contributed by atoms with Crippen LogP contribution >= 0.6 is 0 Å². The Hall–Kier alpha value is -2.80. The Balaban J connectivity index is 2.36. The first-order valence-electron chi connectivity index (χ1n) is 5.45. The van der Waals surface area contributed by atoms with Crippen LogP contribution in [0.5, 0.6) is 5.75 Å². The van der Waals surface area contributed by atoms with E-state index in [1.165, 1.54) is 6.20 Å². The van der Waals surface area contributed by atoms with Crippen LogP contribution in [0.15, 0.2) is 48.9 Å². The molecule has 0 aliphatic carbocycles. The maximum atomic E-state index is 9.87. The lowest BCUT2D eigenvalue weighted by atomic mass is 10.1. The Kier molecular flexibility index (Phi) is 2.24. The Morgan fingerprint density at radius 2 is 2.11 bits per heavy atom. The molecule has 3 heterocycles. The van der Waals surface area contributed by atoms with E-state index in [1.54, 1.807) is 18.3 Å². The van der Waals surface area contributed by atoms with Crippen molar-refractivity contribution in [2.24, 2.45) is 0 Å². The molecule has 0 spiro atoms. The lowest BCUT2D eigenvalue weighted by Gasteiger charge is -2.08. The van der Waals surface area contributed by atoms with Gasteiger partial charge in [0.15, 0.2) is 0 Å². The van der Waals surface area contributed by atoms with Crippen LogP contribution in [0.25, 0.3) is 16.8 Å². The van der Waals surface area contributed by atoms with Crippen LogP contribution in [-0.4, -0.2) is 14.5 Å². The van der Waals surface area contributed by atoms with Crippen LogP contribution in [-0.2, 0) is 0 Å². The average molecular weight is 235 g/mol. The molecule has 0 fully saturated rings. The second-order valence-electron chi connectivity index (χ2n) is 3.90. The van der Waals surface area contributed by atoms with Gasteiger partial charge in [-0.25, -0.2) is 0 Å². The molecule has 0 saturated heterocycles. The number of fused-ring (bicyclic) bond motifs is 1. The van der Waals surface area contributed by atoms with Gasteiger partial charge in [0.05, 0.1) is 22.3 Å². The van der Waals surface area contributed by atoms with Crippen molar-refractivity contribution in [2.45, 2.75) is 0 Å². The van der Waals surface area contributed by atoms with Gasteiger partial charge in [-0.3, -0.25) is 4.98 Å². The molecule has 1 N–H and O–H groups in total. The lowest BCUT2D eigenvalue weighted by Crippen LogP contribution is -1.93. The van der Waals surface area contributed by atoms with Crippen molar-refractivity contribution in [1.29, 1.82) is 5.26 Å². The fourth-order valence-electron chi connectivity index (χ4n) is 2.04. The van der Waals surface area contributed by atoms with E-state index in [2.05, 4.69) is 11.1 Å². The molecule has 0 saturated carbocycles. The summed E-state index contributed by atoms with van der Waals surface area (Å²) >= 11 is 0. The number of rotatable bonds is 1. The summed E-state index contributed by atoms with van der Waals surface area (Å²) in [6.45, 7) is 0. The Labute approximate surface area is 103 Å². The van der Waals surface area contributed by atoms with Crippen LogP contribution < -0.4 is 0 Å². The first kappa shape index (κ1) is 10.4. The second kappa shape index (κ2) is 3.90. The fraction of sp³-hybridized carbons (Fsp3) is 0. The first-order chi connectivity index (χ1) is 8.81. The van der Waals surface area contributed by atoms with Crippen molar-refractivity contribution in [3.63, 3.8) is 0 Å². The van der Waals surface area contributed by atoms with E-state index in [4.69, 9.17) is 5.26 Å². The second-order valence-corrected chi connectivity index (χ2v) is 3.90. The predicted molar refractivity (Wildman–Crippen MR) is 67.0 cm³/mol. The van der Waals surface area contributed by atoms with Gasteiger partial charge in [-0.05, 0) is 30.3 Å². The summed E-state index contributed by atoms with van der Waals surface area (Å²) in [5, 5.41) is 18.9. The zero-order valence-electron chi connectivity index (χ0n) is 9.41. The molecular weight excluding hydrogens is 226 g/mol. The van der Waals surface area contributed by atoms with Crippen LogP contribution in [0.3, 0.4) is 0 Å². The maximum absolute atomic E-state index is 9.87. The number of nitrogens with zero attached hydrogens (tertiary/aromatic N) is 3. The van der Waals surface area contributed by atoms with Crippen LogP contribution in [0.2, 0.25) is 0 Å². The molecule has 3 aromatic rings. The molecule has 0 aromatic carbocycles. The zero-order chi connectivity index (χ0) is 12.5. The van der Waals surface area contributed by atoms with Gasteiger partial charge in [-0.1, -0.05) is 0 Å². The molecule has 86 valence electrons. The monoisotopic (exact) mass is 235 g/mol. The average Bonchev–Trinajstić information content (AvgIpc) is 2.88. The minimum Gasteiger partial charge on any atom is -0.507 e. The predicted octanol–water partition coefficient (Wildman–Crippen LogP) is 2.58. The SMILES string of the molecule is N#Cc1ccc(-c2cnccc2O)n2cccc12. The summed E-state index contributed by atoms with van der Waals surface area (Å²) in [5.74, 6) is 0.171. The van der Waals surface area contributed by atoms with Crippen molar-refractivity contribution < 1.29 is 5.11 Å². The zero-order valence-corrected chi connectivity index (χ0v) is 9.41. The molecule has 0 radical (unpaired) electrons. The molecule has 3 rings (SSSR count). The van der Waals surface area contributed by atoms with Gasteiger partial charge in [-0.15, -0.1) is 0 Å². The van der Waals surface area contributed by atoms with Crippen molar-refractivity contribution in [1.82, 2.24) is 9.38 Å². The van der Waals surface area contributed by atoms with Crippen molar-refractivity contribution in [3.8, 4) is 23.1 Å². The molecule has 0 aliphatic rings. The normalized spacial score (nSPS) is 10.4. The summed E-state index contributed by atoms with van der Waals surface area (Å²) in [5.41, 5.74) is 2.87. The van der Waals surface area contributed by atoms with E-state index in [-0.39, 0.29) is 5.75 Å². The smallest absolute Gasteiger partial charge is 0.128 e. The first-order valence-corrected chi connectivity index (χ1v) is 5.45. The minimum atomic E-state index is 0.171. The summed E-state index contributed by atoms with van der Waals surface area (Å²) in [6.07, 6.45) is 5.00. The lowest BCUT2D eigenvalue weighted by molar-refractivity contribution is 0.476. The molecule has 0 atom stereocenters. The van der Waals surface area contributed by atoms with Gasteiger partial charge in [0.2, 0.25) is 0 Å². The Morgan fingerprint density at radius 3 is 2.89 bits per heavy atom. The molecule has 0 unspecified atom stereocenters. The Morgan fingerprint density at radius 1 is 1.22 bits per heavy atom. The van der Waals surface area contributed by atoms with Gasteiger partial charge in [0, 0.05) is 18.6 Å². The van der Waals surface area contributed by atoms with Gasteiger partial charge < -0.3 is 9.51 Å². The molecular formula is C14H9N3O. The third-order valence-electron chi connectivity index (χ3n) is 2.89. The summed E-state index contributed by atoms with van der Waals surface area (Å²) in [7, 11) is 0. The molecule has 0 amide bonds. The highest BCUT2D eigenvalue weighted by molar-refractivity contribution is 5.73. The van der Waals surface area contributed by atoms with Crippen LogP contribution in [0.1, 0.15) is 5.56 Å². The van der Waals surface area contributed by atoms with E-state index in [0.717, 1.165) is 11.2 Å². The number of pyridine rings is 2. The third kappa shape index (κ3) is 1.42. The molecule has 4 heteroatoms. The van der Waals surface area contributed by atoms with Crippen molar-refractivity contribution in [3.05, 3.63) is 54.5 Å². The Bertz CT molecular complexity index is 768. The molecule has 3 aromatic heterocycles. The highest BCUT2D eigenvalue weighted by atomic mass is 16.3. The fourth-order valence-corrected chi connectivity index (χ4v) is 2.04. The van der Waals surface area contributed by atoms with E-state index in [1.807, 2.05) is 28.8 Å². The van der Waals surface area contributed by atoms with Crippen LogP contribution in [0.4, 0.5) is 0 Å². The van der Waals surface area contributed by atoms with Gasteiger partial charge in [0.25, 0.3) is 0 Å². The molecule has 18 heavy (non-hydrogen) atoms. The number of hydrogen-bond donors (Lipinski definition) is 1. The number of nitriles is 1. The quantitative estimate of drug-likeness (QED) is 0.705. The summed E-state index contributed by atoms with van der Waals surface area (Å²) in [6, 6.07) is 11.0. The largest absolute Gasteiger partial charge is 0.507 e. The van der Waals surface area contributed by atoms with Gasteiger partial charge in [-0.2, -0.15) is 5.26 Å². The maximum Gasteiger partial charge on any atom is 0.128 e. The molecule has 4 nitrogen and oxygen atoms in total. The van der Waals surface area contributed by atoms with Crippen LogP contribution in [0, 0.1) is 11.3 Å². The number of hydrogen-bond acceptors (Lipinski definition) is 3.